The summed E-state index contributed by atoms with van der Waals surface area (Å²) >= 11 is 0. The standard InChI is InChI=1S/C11H11N3O2/c1-2-16-11(15)9-3-5-10(6-4-9)14-8-7-12-13-14/h3-8H,2H2,1H3. The van der Waals surface area contributed by atoms with E-state index in [0.29, 0.717) is 12.2 Å². The highest BCUT2D eigenvalue weighted by molar-refractivity contribution is 5.89. The number of hydrogen-bond acceptors (Lipinski definition) is 4. The van der Waals surface area contributed by atoms with Crippen LogP contribution >= 0.6 is 0 Å². The minimum absolute atomic E-state index is 0.312. The van der Waals surface area contributed by atoms with E-state index in [0.717, 1.165) is 5.69 Å². The third-order valence-corrected chi connectivity index (χ3v) is 2.07. The summed E-state index contributed by atoms with van der Waals surface area (Å²) in [6.07, 6.45) is 3.33. The van der Waals surface area contributed by atoms with Crippen LogP contribution < -0.4 is 0 Å². The van der Waals surface area contributed by atoms with Gasteiger partial charge in [0.05, 0.1) is 30.3 Å². The van der Waals surface area contributed by atoms with Crippen molar-refractivity contribution < 1.29 is 9.53 Å². The number of hydrogen-bond donors (Lipinski definition) is 0. The van der Waals surface area contributed by atoms with Crippen molar-refractivity contribution in [2.75, 3.05) is 6.61 Å². The maximum Gasteiger partial charge on any atom is 0.338 e. The number of carbonyl (C=O) groups excluding carboxylic acids is 1. The van der Waals surface area contributed by atoms with Gasteiger partial charge in [-0.3, -0.25) is 0 Å². The molecule has 0 saturated heterocycles. The maximum absolute atomic E-state index is 11.4. The Bertz CT molecular complexity index is 462. The van der Waals surface area contributed by atoms with Crippen molar-refractivity contribution in [2.24, 2.45) is 0 Å². The summed E-state index contributed by atoms with van der Waals surface area (Å²) in [5.74, 6) is -0.312. The minimum atomic E-state index is -0.312. The van der Waals surface area contributed by atoms with E-state index in [2.05, 4.69) is 10.3 Å². The lowest BCUT2D eigenvalue weighted by atomic mass is 10.2. The Morgan fingerprint density at radius 2 is 2.12 bits per heavy atom. The van der Waals surface area contributed by atoms with Gasteiger partial charge < -0.3 is 4.74 Å². The lowest BCUT2D eigenvalue weighted by Gasteiger charge is -2.03. The number of carbonyl (C=O) groups is 1. The molecular weight excluding hydrogens is 206 g/mol. The third-order valence-electron chi connectivity index (χ3n) is 2.07. The molecule has 0 saturated carbocycles. The normalized spacial score (nSPS) is 10.1. The van der Waals surface area contributed by atoms with Crippen LogP contribution in [0.5, 0.6) is 0 Å². The molecule has 0 radical (unpaired) electrons. The summed E-state index contributed by atoms with van der Waals surface area (Å²) in [4.78, 5) is 11.4. The van der Waals surface area contributed by atoms with Crippen LogP contribution in [0, 0.1) is 0 Å². The van der Waals surface area contributed by atoms with E-state index in [-0.39, 0.29) is 5.97 Å². The first kappa shape index (κ1) is 10.4. The van der Waals surface area contributed by atoms with Gasteiger partial charge in [0.15, 0.2) is 0 Å². The monoisotopic (exact) mass is 217 g/mol. The largest absolute Gasteiger partial charge is 0.462 e. The average Bonchev–Trinajstić information content (AvgIpc) is 2.83. The highest BCUT2D eigenvalue weighted by Gasteiger charge is 2.05. The summed E-state index contributed by atoms with van der Waals surface area (Å²) in [7, 11) is 0. The molecule has 16 heavy (non-hydrogen) atoms. The first-order valence-corrected chi connectivity index (χ1v) is 4.95. The summed E-state index contributed by atoms with van der Waals surface area (Å²) < 4.78 is 6.50. The van der Waals surface area contributed by atoms with Gasteiger partial charge in [-0.25, -0.2) is 9.48 Å². The number of aromatic nitrogens is 3. The fourth-order valence-corrected chi connectivity index (χ4v) is 1.31. The van der Waals surface area contributed by atoms with E-state index in [1.165, 1.54) is 0 Å². The first-order chi connectivity index (χ1) is 7.81. The third kappa shape index (κ3) is 2.08. The van der Waals surface area contributed by atoms with Crippen molar-refractivity contribution in [1.29, 1.82) is 0 Å². The number of benzene rings is 1. The summed E-state index contributed by atoms with van der Waals surface area (Å²) in [6, 6.07) is 6.99. The summed E-state index contributed by atoms with van der Waals surface area (Å²) in [6.45, 7) is 2.16. The highest BCUT2D eigenvalue weighted by atomic mass is 16.5. The molecule has 1 heterocycles. The molecule has 0 aliphatic heterocycles. The smallest absolute Gasteiger partial charge is 0.338 e. The molecule has 0 N–H and O–H groups in total. The Balaban J connectivity index is 2.20. The second-order valence-electron chi connectivity index (χ2n) is 3.11. The van der Waals surface area contributed by atoms with Gasteiger partial charge in [-0.2, -0.15) is 0 Å². The van der Waals surface area contributed by atoms with Crippen LogP contribution in [-0.4, -0.2) is 27.6 Å². The number of ether oxygens (including phenoxy) is 1. The Hall–Kier alpha value is -2.17. The van der Waals surface area contributed by atoms with E-state index in [1.54, 1.807) is 48.3 Å². The predicted molar refractivity (Wildman–Crippen MR) is 57.3 cm³/mol. The molecule has 0 spiro atoms. The first-order valence-electron chi connectivity index (χ1n) is 4.95. The van der Waals surface area contributed by atoms with Crippen LogP contribution in [0.3, 0.4) is 0 Å². The molecule has 5 nitrogen and oxygen atoms in total. The van der Waals surface area contributed by atoms with E-state index in [4.69, 9.17) is 4.74 Å². The predicted octanol–water partition coefficient (Wildman–Crippen LogP) is 1.44. The van der Waals surface area contributed by atoms with Crippen molar-refractivity contribution in [3.05, 3.63) is 42.2 Å². The van der Waals surface area contributed by atoms with Crippen LogP contribution in [0.4, 0.5) is 0 Å². The Morgan fingerprint density at radius 3 is 2.69 bits per heavy atom. The lowest BCUT2D eigenvalue weighted by molar-refractivity contribution is 0.0526. The zero-order valence-corrected chi connectivity index (χ0v) is 8.83. The summed E-state index contributed by atoms with van der Waals surface area (Å²) in [5.41, 5.74) is 1.39. The molecule has 0 bridgehead atoms. The molecule has 0 aliphatic rings. The van der Waals surface area contributed by atoms with Crippen LogP contribution in [0.25, 0.3) is 5.69 Å². The van der Waals surface area contributed by atoms with Gasteiger partial charge >= 0.3 is 5.97 Å². The van der Waals surface area contributed by atoms with Crippen LogP contribution in [0.15, 0.2) is 36.7 Å². The molecule has 0 atom stereocenters. The zero-order chi connectivity index (χ0) is 11.4. The molecule has 1 aromatic carbocycles. The molecule has 5 heteroatoms. The van der Waals surface area contributed by atoms with Gasteiger partial charge in [-0.15, -0.1) is 5.10 Å². The van der Waals surface area contributed by atoms with E-state index < -0.39 is 0 Å². The fourth-order valence-electron chi connectivity index (χ4n) is 1.31. The molecule has 0 fully saturated rings. The molecule has 0 unspecified atom stereocenters. The lowest BCUT2D eigenvalue weighted by Crippen LogP contribution is -2.04. The second-order valence-corrected chi connectivity index (χ2v) is 3.11. The number of nitrogens with zero attached hydrogens (tertiary/aromatic N) is 3. The SMILES string of the molecule is CCOC(=O)c1ccc(-n2ccnn2)cc1. The molecule has 82 valence electrons. The van der Waals surface area contributed by atoms with Gasteiger partial charge in [0, 0.05) is 0 Å². The van der Waals surface area contributed by atoms with Crippen molar-refractivity contribution in [1.82, 2.24) is 15.0 Å². The fraction of sp³-hybridized carbons (Fsp3) is 0.182. The Labute approximate surface area is 92.7 Å². The van der Waals surface area contributed by atoms with Gasteiger partial charge in [-0.1, -0.05) is 5.21 Å². The molecule has 1 aromatic heterocycles. The van der Waals surface area contributed by atoms with E-state index in [1.807, 2.05) is 0 Å². The molecular formula is C11H11N3O2. The van der Waals surface area contributed by atoms with Crippen molar-refractivity contribution in [2.45, 2.75) is 6.92 Å². The van der Waals surface area contributed by atoms with Crippen LogP contribution in [0.1, 0.15) is 17.3 Å². The minimum Gasteiger partial charge on any atom is -0.462 e. The van der Waals surface area contributed by atoms with E-state index >= 15 is 0 Å². The van der Waals surface area contributed by atoms with Crippen molar-refractivity contribution >= 4 is 5.97 Å². The Morgan fingerprint density at radius 1 is 1.38 bits per heavy atom. The number of esters is 1. The van der Waals surface area contributed by atoms with Crippen LogP contribution in [-0.2, 0) is 4.74 Å². The quantitative estimate of drug-likeness (QED) is 0.730. The van der Waals surface area contributed by atoms with Gasteiger partial charge in [0.1, 0.15) is 0 Å². The van der Waals surface area contributed by atoms with Crippen molar-refractivity contribution in [3.63, 3.8) is 0 Å². The highest BCUT2D eigenvalue weighted by Crippen LogP contribution is 2.09. The van der Waals surface area contributed by atoms with Crippen LogP contribution in [0.2, 0.25) is 0 Å². The maximum atomic E-state index is 11.4. The molecule has 0 aliphatic carbocycles. The van der Waals surface area contributed by atoms with E-state index in [9.17, 15) is 4.79 Å². The number of rotatable bonds is 3. The average molecular weight is 217 g/mol. The zero-order valence-electron chi connectivity index (χ0n) is 8.83. The van der Waals surface area contributed by atoms with Crippen molar-refractivity contribution in [3.8, 4) is 5.69 Å². The molecule has 0 amide bonds. The molecule has 2 aromatic rings. The summed E-state index contributed by atoms with van der Waals surface area (Å²) in [5, 5.41) is 7.55. The van der Waals surface area contributed by atoms with Gasteiger partial charge in [0.25, 0.3) is 0 Å². The second kappa shape index (κ2) is 4.57. The van der Waals surface area contributed by atoms with Gasteiger partial charge in [0.2, 0.25) is 0 Å². The Kier molecular flexibility index (Phi) is 2.95. The topological polar surface area (TPSA) is 57.0 Å². The van der Waals surface area contributed by atoms with Gasteiger partial charge in [-0.05, 0) is 31.2 Å². The molecule has 2 rings (SSSR count).